The highest BCUT2D eigenvalue weighted by molar-refractivity contribution is 7.91. The minimum atomic E-state index is -3.33. The van der Waals surface area contributed by atoms with Crippen molar-refractivity contribution in [1.29, 1.82) is 0 Å². The summed E-state index contributed by atoms with van der Waals surface area (Å²) in [6.45, 7) is 0. The highest BCUT2D eigenvalue weighted by atomic mass is 35.5. The Labute approximate surface area is 192 Å². The van der Waals surface area contributed by atoms with Crippen LogP contribution in [0.25, 0.3) is 0 Å². The maximum atomic E-state index is 13.0. The molecule has 1 atom stereocenters. The normalized spacial score (nSPS) is 19.2. The number of aliphatic hydroxyl groups is 1. The van der Waals surface area contributed by atoms with Crippen LogP contribution in [0.2, 0.25) is 10.0 Å². The average Bonchev–Trinajstić information content (AvgIpc) is 3.41. The molecule has 0 spiro atoms. The van der Waals surface area contributed by atoms with Crippen LogP contribution in [0.4, 0.5) is 0 Å². The molecule has 0 aromatic heterocycles. The molecule has 2 aliphatic rings. The lowest BCUT2D eigenvalue weighted by molar-refractivity contribution is 0.00723. The Morgan fingerprint density at radius 3 is 2.32 bits per heavy atom. The summed E-state index contributed by atoms with van der Waals surface area (Å²) >= 11 is 12.1. The number of carbonyl (C=O) groups excluding carboxylic acids is 1. The molecule has 31 heavy (non-hydrogen) atoms. The second kappa shape index (κ2) is 8.74. The lowest BCUT2D eigenvalue weighted by Crippen LogP contribution is -2.44. The Balaban J connectivity index is 1.61. The standard InChI is InChI=1S/C23H25Cl2NO4S/c24-17-7-10-19(20(25)13-17)22(27)26-21(23(28)11-1-2-12-23)16-5-8-18(9-6-16)31(29,30)14-15-3-4-15/h5-10,13,15,21,28H,1-4,11-12,14H2,(H,26,27). The van der Waals surface area contributed by atoms with Crippen molar-refractivity contribution in [1.82, 2.24) is 5.32 Å². The predicted molar refractivity (Wildman–Crippen MR) is 121 cm³/mol. The first kappa shape index (κ1) is 22.6. The first-order chi connectivity index (χ1) is 14.7. The van der Waals surface area contributed by atoms with Crippen LogP contribution in [0.15, 0.2) is 47.4 Å². The molecule has 2 fully saturated rings. The maximum Gasteiger partial charge on any atom is 0.253 e. The predicted octanol–water partition coefficient (Wildman–Crippen LogP) is 4.95. The summed E-state index contributed by atoms with van der Waals surface area (Å²) in [4.78, 5) is 13.2. The molecule has 2 aliphatic carbocycles. The fourth-order valence-electron chi connectivity index (χ4n) is 4.24. The topological polar surface area (TPSA) is 83.5 Å². The van der Waals surface area contributed by atoms with Gasteiger partial charge in [-0.25, -0.2) is 8.42 Å². The van der Waals surface area contributed by atoms with Gasteiger partial charge in [0, 0.05) is 5.02 Å². The van der Waals surface area contributed by atoms with Gasteiger partial charge in [0.05, 0.1) is 32.9 Å². The number of carbonyl (C=O) groups is 1. The molecule has 0 heterocycles. The monoisotopic (exact) mass is 481 g/mol. The van der Waals surface area contributed by atoms with Gasteiger partial charge in [-0.3, -0.25) is 4.79 Å². The molecule has 8 heteroatoms. The number of sulfone groups is 1. The molecular weight excluding hydrogens is 457 g/mol. The quantitative estimate of drug-likeness (QED) is 0.585. The van der Waals surface area contributed by atoms with Gasteiger partial charge in [-0.1, -0.05) is 48.2 Å². The van der Waals surface area contributed by atoms with E-state index >= 15 is 0 Å². The molecule has 0 aliphatic heterocycles. The summed E-state index contributed by atoms with van der Waals surface area (Å²) in [5, 5.41) is 14.9. The molecule has 0 radical (unpaired) electrons. The Kier molecular flexibility index (Phi) is 6.37. The van der Waals surface area contributed by atoms with Crippen molar-refractivity contribution in [2.45, 2.75) is 55.1 Å². The number of hydrogen-bond acceptors (Lipinski definition) is 4. The van der Waals surface area contributed by atoms with Crippen LogP contribution in [0, 0.1) is 5.92 Å². The van der Waals surface area contributed by atoms with Gasteiger partial charge >= 0.3 is 0 Å². The van der Waals surface area contributed by atoms with Crippen molar-refractivity contribution in [2.24, 2.45) is 5.92 Å². The van der Waals surface area contributed by atoms with E-state index in [2.05, 4.69) is 5.32 Å². The van der Waals surface area contributed by atoms with Gasteiger partial charge in [0.15, 0.2) is 9.84 Å². The Hall–Kier alpha value is -1.60. The number of halogens is 2. The minimum Gasteiger partial charge on any atom is -0.387 e. The van der Waals surface area contributed by atoms with Crippen molar-refractivity contribution < 1.29 is 18.3 Å². The Bertz CT molecular complexity index is 1080. The zero-order valence-corrected chi connectivity index (χ0v) is 19.3. The molecule has 2 aromatic carbocycles. The Morgan fingerprint density at radius 1 is 1.10 bits per heavy atom. The fourth-order valence-corrected chi connectivity index (χ4v) is 6.44. The van der Waals surface area contributed by atoms with Crippen LogP contribution >= 0.6 is 23.2 Å². The first-order valence-corrected chi connectivity index (χ1v) is 12.9. The number of benzene rings is 2. The van der Waals surface area contributed by atoms with E-state index in [4.69, 9.17) is 23.2 Å². The lowest BCUT2D eigenvalue weighted by Gasteiger charge is -2.34. The van der Waals surface area contributed by atoms with Crippen molar-refractivity contribution in [3.63, 3.8) is 0 Å². The van der Waals surface area contributed by atoms with Crippen LogP contribution in [-0.4, -0.2) is 30.8 Å². The van der Waals surface area contributed by atoms with Gasteiger partial charge in [0.2, 0.25) is 0 Å². The van der Waals surface area contributed by atoms with Crippen molar-refractivity contribution in [2.75, 3.05) is 5.75 Å². The van der Waals surface area contributed by atoms with Crippen molar-refractivity contribution in [3.05, 3.63) is 63.6 Å². The van der Waals surface area contributed by atoms with E-state index in [1.165, 1.54) is 6.07 Å². The van der Waals surface area contributed by atoms with E-state index in [1.54, 1.807) is 36.4 Å². The number of rotatable bonds is 7. The third-order valence-corrected chi connectivity index (χ3v) is 8.63. The highest BCUT2D eigenvalue weighted by Crippen LogP contribution is 2.40. The third-order valence-electron chi connectivity index (χ3n) is 6.18. The first-order valence-electron chi connectivity index (χ1n) is 10.5. The number of nitrogens with one attached hydrogen (secondary N) is 1. The van der Waals surface area contributed by atoms with Crippen LogP contribution in [0.1, 0.15) is 60.5 Å². The molecule has 2 aromatic rings. The molecule has 0 saturated heterocycles. The summed E-state index contributed by atoms with van der Waals surface area (Å²) in [7, 11) is -3.33. The van der Waals surface area contributed by atoms with Gasteiger partial charge < -0.3 is 10.4 Å². The second-order valence-corrected chi connectivity index (χ2v) is 11.5. The van der Waals surface area contributed by atoms with Gasteiger partial charge in [-0.15, -0.1) is 0 Å². The van der Waals surface area contributed by atoms with Crippen molar-refractivity contribution >= 4 is 38.9 Å². The summed E-state index contributed by atoms with van der Waals surface area (Å²) < 4.78 is 25.1. The average molecular weight is 482 g/mol. The van der Waals surface area contributed by atoms with E-state index in [9.17, 15) is 18.3 Å². The number of amides is 1. The molecule has 166 valence electrons. The molecule has 5 nitrogen and oxygen atoms in total. The summed E-state index contributed by atoms with van der Waals surface area (Å²) in [5.41, 5.74) is -0.183. The molecule has 2 N–H and O–H groups in total. The van der Waals surface area contributed by atoms with Crippen molar-refractivity contribution in [3.8, 4) is 0 Å². The zero-order chi connectivity index (χ0) is 22.2. The van der Waals surface area contributed by atoms with Crippen LogP contribution in [-0.2, 0) is 9.84 Å². The van der Waals surface area contributed by atoms with E-state index < -0.39 is 27.4 Å². The minimum absolute atomic E-state index is 0.172. The van der Waals surface area contributed by atoms with Gasteiger partial charge in [0.25, 0.3) is 5.91 Å². The zero-order valence-electron chi connectivity index (χ0n) is 17.0. The molecule has 4 rings (SSSR count). The largest absolute Gasteiger partial charge is 0.387 e. The molecule has 0 bridgehead atoms. The van der Waals surface area contributed by atoms with Gasteiger partial charge in [-0.2, -0.15) is 0 Å². The fraction of sp³-hybridized carbons (Fsp3) is 0.435. The van der Waals surface area contributed by atoms with Gasteiger partial charge in [-0.05, 0) is 67.5 Å². The SMILES string of the molecule is O=C(NC(c1ccc(S(=O)(=O)CC2CC2)cc1)C1(O)CCCC1)c1ccc(Cl)cc1Cl. The number of hydrogen-bond donors (Lipinski definition) is 2. The highest BCUT2D eigenvalue weighted by Gasteiger charge is 2.41. The summed E-state index contributed by atoms with van der Waals surface area (Å²) in [6, 6.07) is 10.4. The molecule has 2 saturated carbocycles. The lowest BCUT2D eigenvalue weighted by atomic mass is 9.86. The molecule has 1 amide bonds. The maximum absolute atomic E-state index is 13.0. The van der Waals surface area contributed by atoms with E-state index in [0.717, 1.165) is 25.7 Å². The summed E-state index contributed by atoms with van der Waals surface area (Å²) in [6.07, 6.45) is 4.75. The Morgan fingerprint density at radius 2 is 1.74 bits per heavy atom. The summed E-state index contributed by atoms with van der Waals surface area (Å²) in [5.74, 6) is 0.0170. The third kappa shape index (κ3) is 5.08. The van der Waals surface area contributed by atoms with E-state index in [-0.39, 0.29) is 27.2 Å². The van der Waals surface area contributed by atoms with E-state index in [1.807, 2.05) is 0 Å². The van der Waals surface area contributed by atoms with Crippen LogP contribution in [0.5, 0.6) is 0 Å². The second-order valence-electron chi connectivity index (χ2n) is 8.64. The molecule has 1 unspecified atom stereocenters. The smallest absolute Gasteiger partial charge is 0.253 e. The van der Waals surface area contributed by atoms with Gasteiger partial charge in [0.1, 0.15) is 0 Å². The van der Waals surface area contributed by atoms with Crippen LogP contribution in [0.3, 0.4) is 0 Å². The van der Waals surface area contributed by atoms with Crippen LogP contribution < -0.4 is 5.32 Å². The molecular formula is C23H25Cl2NO4S. The van der Waals surface area contributed by atoms with E-state index in [0.29, 0.717) is 23.4 Å².